The second kappa shape index (κ2) is 8.97. The summed E-state index contributed by atoms with van der Waals surface area (Å²) in [6.45, 7) is 3.89. The van der Waals surface area contributed by atoms with Crippen LogP contribution in [0.15, 0.2) is 54.6 Å². The molecule has 1 N–H and O–H groups in total. The van der Waals surface area contributed by atoms with Crippen molar-refractivity contribution < 1.29 is 9.84 Å². The summed E-state index contributed by atoms with van der Waals surface area (Å²) in [6.07, 6.45) is 3.43. The lowest BCUT2D eigenvalue weighted by molar-refractivity contribution is 0.00713. The van der Waals surface area contributed by atoms with Crippen LogP contribution in [-0.4, -0.2) is 42.4 Å². The van der Waals surface area contributed by atoms with Gasteiger partial charge in [0.15, 0.2) is 0 Å². The maximum Gasteiger partial charge on any atom is 0.0900 e. The summed E-state index contributed by atoms with van der Waals surface area (Å²) in [5.41, 5.74) is 3.58. The van der Waals surface area contributed by atoms with Gasteiger partial charge in [-0.15, -0.1) is 0 Å². The van der Waals surface area contributed by atoms with Gasteiger partial charge in [-0.2, -0.15) is 0 Å². The molecule has 3 nitrogen and oxygen atoms in total. The summed E-state index contributed by atoms with van der Waals surface area (Å²) in [7, 11) is 0. The van der Waals surface area contributed by atoms with Crippen LogP contribution in [0.25, 0.3) is 11.1 Å². The SMILES string of the molecule is OC(COCc1ccc(-c2ccccc2)cc1)CN1CCCCC1. The van der Waals surface area contributed by atoms with Gasteiger partial charge in [0, 0.05) is 6.54 Å². The Morgan fingerprint density at radius 3 is 2.25 bits per heavy atom. The minimum Gasteiger partial charge on any atom is -0.389 e. The summed E-state index contributed by atoms with van der Waals surface area (Å²) in [5, 5.41) is 10.1. The highest BCUT2D eigenvalue weighted by molar-refractivity contribution is 5.63. The summed E-state index contributed by atoms with van der Waals surface area (Å²) < 4.78 is 5.69. The third-order valence-corrected chi connectivity index (χ3v) is 4.56. The molecule has 0 bridgehead atoms. The number of hydrogen-bond acceptors (Lipinski definition) is 3. The van der Waals surface area contributed by atoms with Crippen LogP contribution in [0.5, 0.6) is 0 Å². The molecule has 2 aromatic carbocycles. The van der Waals surface area contributed by atoms with E-state index in [0.717, 1.165) is 25.2 Å². The molecule has 1 atom stereocenters. The standard InChI is InChI=1S/C21H27NO2/c23-21(15-22-13-5-2-6-14-22)17-24-16-18-9-11-20(12-10-18)19-7-3-1-4-8-19/h1,3-4,7-12,21,23H,2,5-6,13-17H2. The summed E-state index contributed by atoms with van der Waals surface area (Å²) >= 11 is 0. The van der Waals surface area contributed by atoms with Crippen LogP contribution in [0.3, 0.4) is 0 Å². The average molecular weight is 325 g/mol. The molecule has 3 rings (SSSR count). The molecule has 1 unspecified atom stereocenters. The molecule has 0 amide bonds. The summed E-state index contributed by atoms with van der Waals surface area (Å²) in [4.78, 5) is 2.34. The van der Waals surface area contributed by atoms with Crippen molar-refractivity contribution in [2.75, 3.05) is 26.2 Å². The van der Waals surface area contributed by atoms with E-state index in [4.69, 9.17) is 4.74 Å². The fourth-order valence-corrected chi connectivity index (χ4v) is 3.23. The molecule has 1 saturated heterocycles. The Kier molecular flexibility index (Phi) is 6.41. The van der Waals surface area contributed by atoms with E-state index in [1.54, 1.807) is 0 Å². The molecule has 3 heteroatoms. The largest absolute Gasteiger partial charge is 0.389 e. The second-order valence-corrected chi connectivity index (χ2v) is 6.59. The van der Waals surface area contributed by atoms with E-state index in [0.29, 0.717) is 13.2 Å². The van der Waals surface area contributed by atoms with E-state index in [1.807, 2.05) is 6.07 Å². The normalized spacial score (nSPS) is 16.9. The number of aliphatic hydroxyl groups excluding tert-OH is 1. The van der Waals surface area contributed by atoms with Crippen molar-refractivity contribution in [3.05, 3.63) is 60.2 Å². The van der Waals surface area contributed by atoms with Crippen molar-refractivity contribution in [3.63, 3.8) is 0 Å². The van der Waals surface area contributed by atoms with Crippen LogP contribution in [0, 0.1) is 0 Å². The van der Waals surface area contributed by atoms with Gasteiger partial charge < -0.3 is 14.7 Å². The molecule has 1 aliphatic rings. The van der Waals surface area contributed by atoms with E-state index < -0.39 is 6.10 Å². The van der Waals surface area contributed by atoms with E-state index in [9.17, 15) is 5.11 Å². The Morgan fingerprint density at radius 2 is 1.54 bits per heavy atom. The Hall–Kier alpha value is -1.68. The topological polar surface area (TPSA) is 32.7 Å². The molecule has 0 radical (unpaired) electrons. The number of nitrogens with zero attached hydrogens (tertiary/aromatic N) is 1. The molecule has 0 saturated carbocycles. The Balaban J connectivity index is 1.41. The molecule has 0 aromatic heterocycles. The third-order valence-electron chi connectivity index (χ3n) is 4.56. The zero-order valence-corrected chi connectivity index (χ0v) is 14.2. The Bertz CT molecular complexity index is 591. The van der Waals surface area contributed by atoms with Crippen molar-refractivity contribution in [2.45, 2.75) is 32.0 Å². The van der Waals surface area contributed by atoms with Crippen LogP contribution < -0.4 is 0 Å². The number of likely N-dealkylation sites (tertiary alicyclic amines) is 1. The van der Waals surface area contributed by atoms with Crippen molar-refractivity contribution in [3.8, 4) is 11.1 Å². The molecule has 1 fully saturated rings. The van der Waals surface area contributed by atoms with E-state index in [-0.39, 0.29) is 0 Å². The van der Waals surface area contributed by atoms with Gasteiger partial charge in [-0.3, -0.25) is 0 Å². The number of aliphatic hydroxyl groups is 1. The van der Waals surface area contributed by atoms with Gasteiger partial charge in [0.1, 0.15) is 0 Å². The first kappa shape index (κ1) is 17.2. The van der Waals surface area contributed by atoms with E-state index >= 15 is 0 Å². The fraction of sp³-hybridized carbons (Fsp3) is 0.429. The van der Waals surface area contributed by atoms with Gasteiger partial charge in [0.2, 0.25) is 0 Å². The van der Waals surface area contributed by atoms with Crippen molar-refractivity contribution in [1.29, 1.82) is 0 Å². The monoisotopic (exact) mass is 325 g/mol. The summed E-state index contributed by atoms with van der Waals surface area (Å²) in [6, 6.07) is 18.8. The maximum atomic E-state index is 10.1. The molecule has 1 heterocycles. The second-order valence-electron chi connectivity index (χ2n) is 6.59. The molecular formula is C21H27NO2. The lowest BCUT2D eigenvalue weighted by Crippen LogP contribution is -2.38. The first-order valence-electron chi connectivity index (χ1n) is 8.94. The molecule has 1 aliphatic heterocycles. The van der Waals surface area contributed by atoms with Crippen LogP contribution >= 0.6 is 0 Å². The number of piperidine rings is 1. The number of β-amino-alcohol motifs (C(OH)–C–C–N with tert-alkyl or cyclic N) is 1. The van der Waals surface area contributed by atoms with Gasteiger partial charge >= 0.3 is 0 Å². The fourth-order valence-electron chi connectivity index (χ4n) is 3.23. The molecular weight excluding hydrogens is 298 g/mol. The molecule has 128 valence electrons. The highest BCUT2D eigenvalue weighted by Crippen LogP contribution is 2.19. The number of benzene rings is 2. The molecule has 24 heavy (non-hydrogen) atoms. The third kappa shape index (κ3) is 5.17. The lowest BCUT2D eigenvalue weighted by Gasteiger charge is -2.28. The van der Waals surface area contributed by atoms with Gasteiger partial charge in [-0.05, 0) is 42.6 Å². The number of rotatable bonds is 7. The average Bonchev–Trinajstić information content (AvgIpc) is 2.64. The van der Waals surface area contributed by atoms with Gasteiger partial charge in [-0.1, -0.05) is 61.0 Å². The van der Waals surface area contributed by atoms with Crippen molar-refractivity contribution >= 4 is 0 Å². The predicted octanol–water partition coefficient (Wildman–Crippen LogP) is 3.72. The Morgan fingerprint density at radius 1 is 0.875 bits per heavy atom. The highest BCUT2D eigenvalue weighted by atomic mass is 16.5. The van der Waals surface area contributed by atoms with E-state index in [2.05, 4.69) is 53.4 Å². The Labute approximate surface area is 144 Å². The molecule has 2 aromatic rings. The lowest BCUT2D eigenvalue weighted by atomic mass is 10.0. The first-order chi connectivity index (χ1) is 11.8. The van der Waals surface area contributed by atoms with Gasteiger partial charge in [-0.25, -0.2) is 0 Å². The quantitative estimate of drug-likeness (QED) is 0.842. The maximum absolute atomic E-state index is 10.1. The number of ether oxygens (including phenoxy) is 1. The number of hydrogen-bond donors (Lipinski definition) is 1. The zero-order valence-electron chi connectivity index (χ0n) is 14.2. The highest BCUT2D eigenvalue weighted by Gasteiger charge is 2.14. The zero-order chi connectivity index (χ0) is 16.6. The van der Waals surface area contributed by atoms with Crippen LogP contribution in [0.2, 0.25) is 0 Å². The predicted molar refractivity (Wildman–Crippen MR) is 97.8 cm³/mol. The van der Waals surface area contributed by atoms with Crippen molar-refractivity contribution in [1.82, 2.24) is 4.90 Å². The smallest absolute Gasteiger partial charge is 0.0900 e. The van der Waals surface area contributed by atoms with Crippen LogP contribution in [-0.2, 0) is 11.3 Å². The molecule has 0 aliphatic carbocycles. The van der Waals surface area contributed by atoms with Crippen molar-refractivity contribution in [2.24, 2.45) is 0 Å². The van der Waals surface area contributed by atoms with Crippen LogP contribution in [0.4, 0.5) is 0 Å². The minimum absolute atomic E-state index is 0.397. The van der Waals surface area contributed by atoms with Gasteiger partial charge in [0.05, 0.1) is 19.3 Å². The summed E-state index contributed by atoms with van der Waals surface area (Å²) in [5.74, 6) is 0. The molecule has 0 spiro atoms. The van der Waals surface area contributed by atoms with Crippen LogP contribution in [0.1, 0.15) is 24.8 Å². The van der Waals surface area contributed by atoms with Gasteiger partial charge in [0.25, 0.3) is 0 Å². The first-order valence-corrected chi connectivity index (χ1v) is 8.94. The van der Waals surface area contributed by atoms with E-state index in [1.165, 1.54) is 30.4 Å². The minimum atomic E-state index is -0.397.